The first-order valence-corrected chi connectivity index (χ1v) is 7.96. The van der Waals surface area contributed by atoms with Crippen molar-refractivity contribution in [1.82, 2.24) is 9.97 Å². The van der Waals surface area contributed by atoms with Gasteiger partial charge in [0.2, 0.25) is 0 Å². The number of hydrogen-bond acceptors (Lipinski definition) is 4. The molecule has 0 aliphatic heterocycles. The third-order valence-electron chi connectivity index (χ3n) is 3.61. The van der Waals surface area contributed by atoms with Crippen molar-refractivity contribution in [1.29, 1.82) is 0 Å². The maximum atomic E-state index is 4.66. The van der Waals surface area contributed by atoms with Crippen molar-refractivity contribution in [3.8, 4) is 0 Å². The molecule has 4 nitrogen and oxygen atoms in total. The van der Waals surface area contributed by atoms with E-state index in [1.807, 2.05) is 6.92 Å². The molecule has 1 aliphatic rings. The Morgan fingerprint density at radius 1 is 1.35 bits per heavy atom. The highest BCUT2D eigenvalue weighted by Gasteiger charge is 2.30. The van der Waals surface area contributed by atoms with E-state index in [1.54, 1.807) is 0 Å². The normalized spacial score (nSPS) is 14.7. The van der Waals surface area contributed by atoms with Crippen LogP contribution in [0.2, 0.25) is 0 Å². The molecule has 1 aromatic rings. The van der Waals surface area contributed by atoms with Crippen molar-refractivity contribution >= 4 is 11.6 Å². The van der Waals surface area contributed by atoms with Crippen LogP contribution in [0.4, 0.5) is 11.6 Å². The largest absolute Gasteiger partial charge is 0.370 e. The van der Waals surface area contributed by atoms with E-state index in [1.165, 1.54) is 19.3 Å². The van der Waals surface area contributed by atoms with E-state index in [0.29, 0.717) is 6.04 Å². The second-order valence-electron chi connectivity index (χ2n) is 6.19. The molecule has 0 spiro atoms. The summed E-state index contributed by atoms with van der Waals surface area (Å²) in [5.41, 5.74) is 0. The molecule has 1 aromatic heterocycles. The van der Waals surface area contributed by atoms with E-state index in [4.69, 9.17) is 0 Å². The van der Waals surface area contributed by atoms with Crippen molar-refractivity contribution in [3.05, 3.63) is 11.9 Å². The summed E-state index contributed by atoms with van der Waals surface area (Å²) in [5, 5.41) is 3.38. The average molecular weight is 276 g/mol. The molecule has 0 amide bonds. The first kappa shape index (κ1) is 15.1. The molecule has 1 aliphatic carbocycles. The molecule has 1 N–H and O–H groups in total. The van der Waals surface area contributed by atoms with Crippen LogP contribution in [0.5, 0.6) is 0 Å². The van der Waals surface area contributed by atoms with Gasteiger partial charge in [0.1, 0.15) is 17.5 Å². The molecule has 0 radical (unpaired) electrons. The number of aromatic nitrogens is 2. The smallest absolute Gasteiger partial charge is 0.134 e. The van der Waals surface area contributed by atoms with Gasteiger partial charge in [-0.15, -0.1) is 0 Å². The van der Waals surface area contributed by atoms with E-state index in [9.17, 15) is 0 Å². The van der Waals surface area contributed by atoms with Crippen LogP contribution in [0, 0.1) is 12.8 Å². The summed E-state index contributed by atoms with van der Waals surface area (Å²) in [7, 11) is 0. The molecule has 0 bridgehead atoms. The number of aryl methyl sites for hydroxylation is 1. The molecule has 1 fully saturated rings. The van der Waals surface area contributed by atoms with Gasteiger partial charge >= 0.3 is 0 Å². The van der Waals surface area contributed by atoms with Gasteiger partial charge in [0.25, 0.3) is 0 Å². The molecule has 20 heavy (non-hydrogen) atoms. The number of hydrogen-bond donors (Lipinski definition) is 1. The third-order valence-corrected chi connectivity index (χ3v) is 3.61. The minimum Gasteiger partial charge on any atom is -0.370 e. The summed E-state index contributed by atoms with van der Waals surface area (Å²) < 4.78 is 0. The lowest BCUT2D eigenvalue weighted by Gasteiger charge is -2.25. The summed E-state index contributed by atoms with van der Waals surface area (Å²) in [6.45, 7) is 10.8. The van der Waals surface area contributed by atoms with E-state index >= 15 is 0 Å². The minimum atomic E-state index is 0.696. The predicted octanol–water partition coefficient (Wildman–Crippen LogP) is 3.62. The van der Waals surface area contributed by atoms with Gasteiger partial charge in [-0.1, -0.05) is 20.8 Å². The van der Waals surface area contributed by atoms with Crippen LogP contribution < -0.4 is 10.2 Å². The minimum absolute atomic E-state index is 0.696. The zero-order chi connectivity index (χ0) is 14.5. The van der Waals surface area contributed by atoms with Crippen LogP contribution in [0.25, 0.3) is 0 Å². The molecule has 1 saturated carbocycles. The van der Waals surface area contributed by atoms with Gasteiger partial charge in [0, 0.05) is 25.2 Å². The van der Waals surface area contributed by atoms with Crippen molar-refractivity contribution < 1.29 is 0 Å². The number of rotatable bonds is 8. The van der Waals surface area contributed by atoms with Crippen molar-refractivity contribution in [3.63, 3.8) is 0 Å². The lowest BCUT2D eigenvalue weighted by atomic mass is 10.1. The Morgan fingerprint density at radius 3 is 2.70 bits per heavy atom. The molecule has 4 heteroatoms. The lowest BCUT2D eigenvalue weighted by Crippen LogP contribution is -2.29. The Morgan fingerprint density at radius 2 is 2.10 bits per heavy atom. The van der Waals surface area contributed by atoms with Gasteiger partial charge in [-0.3, -0.25) is 0 Å². The van der Waals surface area contributed by atoms with E-state index in [-0.39, 0.29) is 0 Å². The van der Waals surface area contributed by atoms with Gasteiger partial charge in [-0.2, -0.15) is 0 Å². The maximum Gasteiger partial charge on any atom is 0.134 e. The number of nitrogens with one attached hydrogen (secondary N) is 1. The molecule has 0 aromatic carbocycles. The molecular weight excluding hydrogens is 248 g/mol. The van der Waals surface area contributed by atoms with Gasteiger partial charge in [0.15, 0.2) is 0 Å². The second kappa shape index (κ2) is 6.91. The fraction of sp³-hybridized carbons (Fsp3) is 0.750. The first-order valence-electron chi connectivity index (χ1n) is 7.96. The highest BCUT2D eigenvalue weighted by molar-refractivity contribution is 5.50. The SMILES string of the molecule is CCCNc1cc(N(CCC(C)C)C2CC2)nc(C)n1. The van der Waals surface area contributed by atoms with Crippen LogP contribution in [0.3, 0.4) is 0 Å². The summed E-state index contributed by atoms with van der Waals surface area (Å²) in [5.74, 6) is 3.65. The summed E-state index contributed by atoms with van der Waals surface area (Å²) in [6.07, 6.45) is 4.94. The van der Waals surface area contributed by atoms with E-state index in [0.717, 1.165) is 42.9 Å². The summed E-state index contributed by atoms with van der Waals surface area (Å²) in [6, 6.07) is 2.81. The van der Waals surface area contributed by atoms with Crippen molar-refractivity contribution in [2.24, 2.45) is 5.92 Å². The van der Waals surface area contributed by atoms with E-state index < -0.39 is 0 Å². The Balaban J connectivity index is 2.12. The Kier molecular flexibility index (Phi) is 5.21. The standard InChI is InChI=1S/C16H28N4/c1-5-9-17-15-11-16(19-13(4)18-15)20(14-6-7-14)10-8-12(2)3/h11-12,14H,5-10H2,1-4H3,(H,17,18,19). The van der Waals surface area contributed by atoms with Gasteiger partial charge in [-0.25, -0.2) is 9.97 Å². The molecule has 0 atom stereocenters. The number of nitrogens with zero attached hydrogens (tertiary/aromatic N) is 3. The quantitative estimate of drug-likeness (QED) is 0.787. The molecule has 1 heterocycles. The fourth-order valence-electron chi connectivity index (χ4n) is 2.31. The number of anilines is 2. The fourth-order valence-corrected chi connectivity index (χ4v) is 2.31. The van der Waals surface area contributed by atoms with Crippen molar-refractivity contribution in [2.75, 3.05) is 23.3 Å². The highest BCUT2D eigenvalue weighted by Crippen LogP contribution is 2.32. The molecular formula is C16H28N4. The zero-order valence-electron chi connectivity index (χ0n) is 13.3. The van der Waals surface area contributed by atoms with Crippen LogP contribution >= 0.6 is 0 Å². The van der Waals surface area contributed by atoms with Gasteiger partial charge in [-0.05, 0) is 38.5 Å². The second-order valence-corrected chi connectivity index (χ2v) is 6.19. The first-order chi connectivity index (χ1) is 9.60. The van der Waals surface area contributed by atoms with E-state index in [2.05, 4.69) is 47.0 Å². The Bertz CT molecular complexity index is 426. The monoisotopic (exact) mass is 276 g/mol. The molecule has 112 valence electrons. The average Bonchev–Trinajstić information content (AvgIpc) is 3.20. The molecule has 2 rings (SSSR count). The zero-order valence-corrected chi connectivity index (χ0v) is 13.3. The van der Waals surface area contributed by atoms with Crippen LogP contribution in [0.1, 0.15) is 52.3 Å². The van der Waals surface area contributed by atoms with Crippen molar-refractivity contribution in [2.45, 2.75) is 59.4 Å². The highest BCUT2D eigenvalue weighted by atomic mass is 15.2. The van der Waals surface area contributed by atoms with Crippen LogP contribution in [-0.4, -0.2) is 29.1 Å². The maximum absolute atomic E-state index is 4.66. The van der Waals surface area contributed by atoms with Crippen LogP contribution in [-0.2, 0) is 0 Å². The summed E-state index contributed by atoms with van der Waals surface area (Å²) in [4.78, 5) is 11.6. The predicted molar refractivity (Wildman–Crippen MR) is 85.4 cm³/mol. The Labute approximate surface area is 123 Å². The summed E-state index contributed by atoms with van der Waals surface area (Å²) >= 11 is 0. The topological polar surface area (TPSA) is 41.0 Å². The van der Waals surface area contributed by atoms with Gasteiger partial charge in [0.05, 0.1) is 0 Å². The van der Waals surface area contributed by atoms with Gasteiger partial charge < -0.3 is 10.2 Å². The molecule has 0 saturated heterocycles. The lowest BCUT2D eigenvalue weighted by molar-refractivity contribution is 0.568. The Hall–Kier alpha value is -1.32. The van der Waals surface area contributed by atoms with Crippen LogP contribution in [0.15, 0.2) is 6.07 Å². The molecule has 0 unspecified atom stereocenters. The third kappa shape index (κ3) is 4.36.